The number of aromatic nitrogens is 1. The Hall–Kier alpha value is -2.29. The van der Waals surface area contributed by atoms with E-state index in [0.29, 0.717) is 35.3 Å². The summed E-state index contributed by atoms with van der Waals surface area (Å²) in [5, 5.41) is 3.32. The van der Waals surface area contributed by atoms with E-state index in [-0.39, 0.29) is 18.1 Å². The number of ether oxygens (including phenoxy) is 2. The molecule has 0 saturated heterocycles. The Morgan fingerprint density at radius 1 is 1.26 bits per heavy atom. The molecule has 8 nitrogen and oxygen atoms in total. The van der Waals surface area contributed by atoms with Gasteiger partial charge in [-0.25, -0.2) is 14.6 Å². The first-order valence-electron chi connectivity index (χ1n) is 7.97. The first-order valence-corrected chi connectivity index (χ1v) is 8.73. The molecule has 0 aliphatic heterocycles. The fourth-order valence-electron chi connectivity index (χ4n) is 2.20. The lowest BCUT2D eigenvalue weighted by Crippen LogP contribution is -2.36. The number of esters is 1. The third kappa shape index (κ3) is 5.85. The molecule has 0 aliphatic carbocycles. The minimum atomic E-state index is -0.622. The molecule has 0 radical (unpaired) electrons. The van der Waals surface area contributed by atoms with Gasteiger partial charge in [0.1, 0.15) is 6.26 Å². The Labute approximate surface area is 166 Å². The van der Waals surface area contributed by atoms with Crippen molar-refractivity contribution in [2.45, 2.75) is 13.0 Å². The van der Waals surface area contributed by atoms with Crippen molar-refractivity contribution in [2.24, 2.45) is 0 Å². The van der Waals surface area contributed by atoms with Gasteiger partial charge in [0.05, 0.1) is 29.4 Å². The molecule has 1 aromatic heterocycles. The highest BCUT2D eigenvalue weighted by atomic mass is 35.5. The largest absolute Gasteiger partial charge is 0.464 e. The Bertz CT molecular complexity index is 776. The first-order chi connectivity index (χ1) is 13.0. The maximum absolute atomic E-state index is 12.7. The lowest BCUT2D eigenvalue weighted by atomic mass is 10.3. The second-order valence-corrected chi connectivity index (χ2v) is 6.23. The van der Waals surface area contributed by atoms with Crippen LogP contribution < -0.4 is 5.32 Å². The number of para-hydroxylation sites is 1. The Morgan fingerprint density at radius 2 is 1.96 bits per heavy atom. The van der Waals surface area contributed by atoms with Crippen molar-refractivity contribution < 1.29 is 23.5 Å². The fourth-order valence-corrected chi connectivity index (χ4v) is 2.69. The van der Waals surface area contributed by atoms with E-state index >= 15 is 0 Å². The van der Waals surface area contributed by atoms with Crippen molar-refractivity contribution in [3.05, 3.63) is 46.1 Å². The smallest absolute Gasteiger partial charge is 0.360 e. The van der Waals surface area contributed by atoms with Crippen molar-refractivity contribution in [3.63, 3.8) is 0 Å². The van der Waals surface area contributed by atoms with Gasteiger partial charge in [-0.3, -0.25) is 0 Å². The Balaban J connectivity index is 2.14. The number of amides is 2. The van der Waals surface area contributed by atoms with Crippen LogP contribution in [0.15, 0.2) is 28.9 Å². The van der Waals surface area contributed by atoms with E-state index in [9.17, 15) is 9.59 Å². The summed E-state index contributed by atoms with van der Waals surface area (Å²) >= 11 is 12.2. The summed E-state index contributed by atoms with van der Waals surface area (Å²) < 4.78 is 14.9. The summed E-state index contributed by atoms with van der Waals surface area (Å²) in [5.74, 6) is -0.434. The van der Waals surface area contributed by atoms with Gasteiger partial charge in [-0.05, 0) is 18.6 Å². The molecule has 0 unspecified atom stereocenters. The molecule has 0 saturated carbocycles. The summed E-state index contributed by atoms with van der Waals surface area (Å²) in [6.07, 6.45) is 1.77. The lowest BCUT2D eigenvalue weighted by Gasteiger charge is -2.22. The number of carbonyl (C=O) groups is 2. The topological polar surface area (TPSA) is 93.9 Å². The van der Waals surface area contributed by atoms with E-state index in [4.69, 9.17) is 32.4 Å². The predicted molar refractivity (Wildman–Crippen MR) is 100 cm³/mol. The molecule has 2 rings (SSSR count). The number of hydrogen-bond acceptors (Lipinski definition) is 6. The molecule has 27 heavy (non-hydrogen) atoms. The van der Waals surface area contributed by atoms with Crippen LogP contribution in [0.5, 0.6) is 0 Å². The Morgan fingerprint density at radius 3 is 2.59 bits per heavy atom. The zero-order valence-corrected chi connectivity index (χ0v) is 16.3. The van der Waals surface area contributed by atoms with Gasteiger partial charge < -0.3 is 24.1 Å². The number of methoxy groups -OCH3 is 2. The van der Waals surface area contributed by atoms with E-state index in [1.54, 1.807) is 25.3 Å². The van der Waals surface area contributed by atoms with Crippen LogP contribution in [0.2, 0.25) is 10.0 Å². The number of halogens is 2. The Kier molecular flexibility index (Phi) is 7.90. The third-order valence-corrected chi connectivity index (χ3v) is 4.16. The van der Waals surface area contributed by atoms with Gasteiger partial charge in [0.2, 0.25) is 5.89 Å². The first kappa shape index (κ1) is 21.0. The number of nitrogens with one attached hydrogen (secondary N) is 1. The van der Waals surface area contributed by atoms with Gasteiger partial charge in [-0.15, -0.1) is 0 Å². The standard InChI is InChI=1S/C17H19Cl2N3O5/c1-25-8-4-7-22(9-14-20-13(10-27-14)16(23)26-2)17(24)21-15-11(18)5-3-6-12(15)19/h3,5-6,10H,4,7-9H2,1-2H3,(H,21,24). The number of oxazole rings is 1. The second kappa shape index (κ2) is 10.1. The van der Waals surface area contributed by atoms with Crippen molar-refractivity contribution in [1.82, 2.24) is 9.88 Å². The number of rotatable bonds is 8. The van der Waals surface area contributed by atoms with Crippen molar-refractivity contribution in [1.29, 1.82) is 0 Å². The van der Waals surface area contributed by atoms with Gasteiger partial charge >= 0.3 is 12.0 Å². The minimum Gasteiger partial charge on any atom is -0.464 e. The molecule has 2 aromatic rings. The third-order valence-electron chi connectivity index (χ3n) is 3.53. The number of carbonyl (C=O) groups excluding carboxylic acids is 2. The predicted octanol–water partition coefficient (Wildman–Crippen LogP) is 3.84. The highest BCUT2D eigenvalue weighted by Gasteiger charge is 2.20. The summed E-state index contributed by atoms with van der Waals surface area (Å²) in [7, 11) is 2.82. The van der Waals surface area contributed by atoms with Crippen LogP contribution in [0, 0.1) is 0 Å². The van der Waals surface area contributed by atoms with Gasteiger partial charge in [0.15, 0.2) is 5.69 Å². The summed E-state index contributed by atoms with van der Waals surface area (Å²) in [6, 6.07) is 4.47. The lowest BCUT2D eigenvalue weighted by molar-refractivity contribution is 0.0594. The molecule has 10 heteroatoms. The normalized spacial score (nSPS) is 10.5. The van der Waals surface area contributed by atoms with Crippen molar-refractivity contribution >= 4 is 40.9 Å². The molecule has 0 spiro atoms. The van der Waals surface area contributed by atoms with Crippen LogP contribution >= 0.6 is 23.2 Å². The average Bonchev–Trinajstić information content (AvgIpc) is 3.12. The molecule has 1 N–H and O–H groups in total. The zero-order valence-electron chi connectivity index (χ0n) is 14.8. The van der Waals surface area contributed by atoms with Crippen LogP contribution in [0.3, 0.4) is 0 Å². The van der Waals surface area contributed by atoms with Gasteiger partial charge in [-0.1, -0.05) is 29.3 Å². The van der Waals surface area contributed by atoms with E-state index in [0.717, 1.165) is 0 Å². The molecule has 0 atom stereocenters. The monoisotopic (exact) mass is 415 g/mol. The zero-order chi connectivity index (χ0) is 19.8. The quantitative estimate of drug-likeness (QED) is 0.519. The van der Waals surface area contributed by atoms with Gasteiger partial charge in [0.25, 0.3) is 0 Å². The van der Waals surface area contributed by atoms with E-state index in [1.807, 2.05) is 0 Å². The number of urea groups is 1. The SMILES string of the molecule is COCCCN(Cc1nc(C(=O)OC)co1)C(=O)Nc1c(Cl)cccc1Cl. The number of benzene rings is 1. The second-order valence-electron chi connectivity index (χ2n) is 5.41. The van der Waals surface area contributed by atoms with E-state index in [1.165, 1.54) is 18.3 Å². The molecule has 0 bridgehead atoms. The van der Waals surface area contributed by atoms with Crippen LogP contribution in [0.25, 0.3) is 0 Å². The summed E-state index contributed by atoms with van der Waals surface area (Å²) in [4.78, 5) is 29.7. The van der Waals surface area contributed by atoms with Crippen LogP contribution in [0.1, 0.15) is 22.8 Å². The molecule has 0 aliphatic rings. The number of anilines is 1. The highest BCUT2D eigenvalue weighted by molar-refractivity contribution is 6.39. The average molecular weight is 416 g/mol. The number of nitrogens with zero attached hydrogens (tertiary/aromatic N) is 2. The molecule has 0 fully saturated rings. The van der Waals surface area contributed by atoms with Crippen molar-refractivity contribution in [2.75, 3.05) is 32.7 Å². The van der Waals surface area contributed by atoms with Crippen LogP contribution in [0.4, 0.5) is 10.5 Å². The molecule has 146 valence electrons. The fraction of sp³-hybridized carbons (Fsp3) is 0.353. The molecule has 2 amide bonds. The van der Waals surface area contributed by atoms with Crippen LogP contribution in [-0.4, -0.2) is 49.3 Å². The maximum atomic E-state index is 12.7. The molecular weight excluding hydrogens is 397 g/mol. The van der Waals surface area contributed by atoms with Gasteiger partial charge in [-0.2, -0.15) is 0 Å². The van der Waals surface area contributed by atoms with E-state index < -0.39 is 12.0 Å². The molecule has 1 aromatic carbocycles. The number of hydrogen-bond donors (Lipinski definition) is 1. The molecular formula is C17H19Cl2N3O5. The van der Waals surface area contributed by atoms with Gasteiger partial charge in [0, 0.05) is 20.3 Å². The van der Waals surface area contributed by atoms with Crippen LogP contribution in [-0.2, 0) is 16.0 Å². The molecule has 1 heterocycles. The summed E-state index contributed by atoms with van der Waals surface area (Å²) in [5.41, 5.74) is 0.337. The maximum Gasteiger partial charge on any atom is 0.360 e. The van der Waals surface area contributed by atoms with Crippen molar-refractivity contribution in [3.8, 4) is 0 Å². The highest BCUT2D eigenvalue weighted by Crippen LogP contribution is 2.30. The van der Waals surface area contributed by atoms with E-state index in [2.05, 4.69) is 15.0 Å². The minimum absolute atomic E-state index is 0.0268. The summed E-state index contributed by atoms with van der Waals surface area (Å²) in [6.45, 7) is 0.863.